The van der Waals surface area contributed by atoms with Crippen molar-refractivity contribution in [1.29, 1.82) is 0 Å². The molecule has 1 aliphatic carbocycles. The molecule has 0 saturated heterocycles. The van der Waals surface area contributed by atoms with E-state index in [9.17, 15) is 13.2 Å². The van der Waals surface area contributed by atoms with E-state index >= 15 is 0 Å². The molecule has 0 bridgehead atoms. The molecule has 5 heteroatoms. The summed E-state index contributed by atoms with van der Waals surface area (Å²) >= 11 is 0. The van der Waals surface area contributed by atoms with E-state index in [0.717, 1.165) is 0 Å². The molecule has 0 amide bonds. The van der Waals surface area contributed by atoms with Crippen molar-refractivity contribution in [2.24, 2.45) is 5.92 Å². The van der Waals surface area contributed by atoms with Crippen LogP contribution in [0.25, 0.3) is 0 Å². The Bertz CT molecular complexity index is 89.4. The molecule has 0 heterocycles. The Morgan fingerprint density at radius 2 is 1.60 bits per heavy atom. The van der Waals surface area contributed by atoms with Crippen molar-refractivity contribution < 1.29 is 49.6 Å². The van der Waals surface area contributed by atoms with Crippen LogP contribution in [0.2, 0.25) is 0 Å². The van der Waals surface area contributed by atoms with Crippen molar-refractivity contribution in [3.8, 4) is 0 Å². The van der Waals surface area contributed by atoms with E-state index in [-0.39, 0.29) is 49.3 Å². The zero-order valence-corrected chi connectivity index (χ0v) is 9.84. The molecular weight excluding hydrogens is 262 g/mol. The third kappa shape index (κ3) is 3.33. The molecule has 10 heavy (non-hydrogen) atoms. The summed E-state index contributed by atoms with van der Waals surface area (Å²) in [5.41, 5.74) is 0. The van der Waals surface area contributed by atoms with Crippen LogP contribution in [0.4, 0.5) is 13.2 Å². The Balaban J connectivity index is 0. The molecule has 0 spiro atoms. The van der Waals surface area contributed by atoms with Gasteiger partial charge in [0.05, 0.1) is 0 Å². The van der Waals surface area contributed by atoms with Crippen molar-refractivity contribution in [3.63, 3.8) is 0 Å². The number of alkyl halides is 3. The van der Waals surface area contributed by atoms with Gasteiger partial charge in [-0.3, -0.25) is 0 Å². The molecule has 0 atom stereocenters. The van der Waals surface area contributed by atoms with E-state index < -0.39 is 12.1 Å². The number of halogens is 4. The maximum atomic E-state index is 11.5. The Kier molecular flexibility index (Phi) is 6.35. The maximum Gasteiger partial charge on any atom is 2.00 e. The third-order valence-electron chi connectivity index (χ3n) is 1.37. The molecule has 56 valence electrons. The molecule has 1 fully saturated rings. The predicted octanol–water partition coefficient (Wildman–Crippen LogP) is -0.836. The predicted molar refractivity (Wildman–Crippen MR) is 23.1 cm³/mol. The Labute approximate surface area is 81.1 Å². The normalized spacial score (nSPS) is 18.3. The van der Waals surface area contributed by atoms with Gasteiger partial charge in [-0.1, -0.05) is 0 Å². The van der Waals surface area contributed by atoms with Gasteiger partial charge in [-0.2, -0.15) is 26.0 Å². The van der Waals surface area contributed by atoms with Gasteiger partial charge in [0.15, 0.2) is 0 Å². The van der Waals surface area contributed by atoms with Gasteiger partial charge in [-0.15, -0.1) is 0 Å². The standard InChI is InChI=1S/C5H6F3.BrH.Zn/c6-5(7,8)4-2-1-3-4;;/h1,4H,2-3H2;1H;/q-1;;+2/p-1. The minimum absolute atomic E-state index is 0. The zero-order chi connectivity index (χ0) is 6.20. The van der Waals surface area contributed by atoms with Crippen LogP contribution < -0.4 is 17.0 Å². The molecule has 0 radical (unpaired) electrons. The summed E-state index contributed by atoms with van der Waals surface area (Å²) in [6, 6.07) is 0. The topological polar surface area (TPSA) is 0 Å². The number of rotatable bonds is 0. The minimum atomic E-state index is -3.94. The van der Waals surface area contributed by atoms with Crippen LogP contribution in [0.15, 0.2) is 0 Å². The number of hydrogen-bond acceptors (Lipinski definition) is 0. The fraction of sp³-hybridized carbons (Fsp3) is 0.800. The summed E-state index contributed by atoms with van der Waals surface area (Å²) < 4.78 is 34.4. The van der Waals surface area contributed by atoms with Crippen molar-refractivity contribution in [1.82, 2.24) is 0 Å². The van der Waals surface area contributed by atoms with E-state index in [0.29, 0.717) is 0 Å². The van der Waals surface area contributed by atoms with Crippen LogP contribution in [0, 0.1) is 12.3 Å². The molecule has 0 nitrogen and oxygen atoms in total. The molecule has 0 N–H and O–H groups in total. The fourth-order valence-corrected chi connectivity index (χ4v) is 0.601. The third-order valence-corrected chi connectivity index (χ3v) is 1.37. The summed E-state index contributed by atoms with van der Waals surface area (Å²) in [5.74, 6) is -1.03. The molecule has 0 aromatic heterocycles. The molecule has 0 unspecified atom stereocenters. The molecule has 0 aliphatic heterocycles. The monoisotopic (exact) mass is 266 g/mol. The van der Waals surface area contributed by atoms with E-state index in [1.54, 1.807) is 6.42 Å². The van der Waals surface area contributed by atoms with Crippen LogP contribution >= 0.6 is 0 Å². The average molecular weight is 268 g/mol. The van der Waals surface area contributed by atoms with Gasteiger partial charge in [0, 0.05) is 5.92 Å². The van der Waals surface area contributed by atoms with Crippen LogP contribution in [0.3, 0.4) is 0 Å². The smallest absolute Gasteiger partial charge is 1.00 e. The second-order valence-corrected chi connectivity index (χ2v) is 2.00. The van der Waals surface area contributed by atoms with E-state index in [2.05, 4.69) is 0 Å². The minimum Gasteiger partial charge on any atom is -1.00 e. The van der Waals surface area contributed by atoms with Crippen molar-refractivity contribution in [2.45, 2.75) is 19.0 Å². The van der Waals surface area contributed by atoms with Crippen molar-refractivity contribution in [3.05, 3.63) is 6.42 Å². The first-order valence-electron chi connectivity index (χ1n) is 2.49. The fourth-order valence-electron chi connectivity index (χ4n) is 0.601. The largest absolute Gasteiger partial charge is 2.00 e. The molecule has 1 saturated carbocycles. The van der Waals surface area contributed by atoms with Gasteiger partial charge in [-0.05, 0) is 0 Å². The van der Waals surface area contributed by atoms with Gasteiger partial charge >= 0.3 is 25.7 Å². The summed E-state index contributed by atoms with van der Waals surface area (Å²) in [6.07, 6.45) is -1.83. The van der Waals surface area contributed by atoms with E-state index in [4.69, 9.17) is 0 Å². The Hall–Kier alpha value is 0.893. The first-order valence-corrected chi connectivity index (χ1v) is 2.49. The van der Waals surface area contributed by atoms with Gasteiger partial charge in [0.1, 0.15) is 0 Å². The second kappa shape index (κ2) is 4.71. The van der Waals surface area contributed by atoms with E-state index in [1.165, 1.54) is 0 Å². The zero-order valence-electron chi connectivity index (χ0n) is 5.29. The Morgan fingerprint density at radius 3 is 1.60 bits per heavy atom. The number of hydrogen-bond donors (Lipinski definition) is 0. The van der Waals surface area contributed by atoms with Gasteiger partial charge in [0.25, 0.3) is 0 Å². The molecule has 0 aromatic carbocycles. The van der Waals surface area contributed by atoms with Crippen LogP contribution in [-0.4, -0.2) is 6.18 Å². The van der Waals surface area contributed by atoms with Gasteiger partial charge < -0.3 is 23.4 Å². The quantitative estimate of drug-likeness (QED) is 0.397. The first kappa shape index (κ1) is 13.5. The van der Waals surface area contributed by atoms with Crippen LogP contribution in [0.1, 0.15) is 12.8 Å². The first-order chi connectivity index (χ1) is 3.61. The maximum absolute atomic E-state index is 11.5. The molecule has 0 aromatic rings. The summed E-state index contributed by atoms with van der Waals surface area (Å²) in [5, 5.41) is 0. The summed E-state index contributed by atoms with van der Waals surface area (Å²) in [6.45, 7) is 0. The van der Waals surface area contributed by atoms with Crippen molar-refractivity contribution >= 4 is 0 Å². The average Bonchev–Trinajstić information content (AvgIpc) is 1.16. The molecular formula is C5H6BrF3Zn. The molecule has 1 rings (SSSR count). The van der Waals surface area contributed by atoms with Crippen LogP contribution in [0.5, 0.6) is 0 Å². The van der Waals surface area contributed by atoms with Gasteiger partial charge in [0.2, 0.25) is 0 Å². The van der Waals surface area contributed by atoms with Crippen molar-refractivity contribution in [2.75, 3.05) is 0 Å². The van der Waals surface area contributed by atoms with E-state index in [1.807, 2.05) is 0 Å². The summed E-state index contributed by atoms with van der Waals surface area (Å²) in [4.78, 5) is 0. The summed E-state index contributed by atoms with van der Waals surface area (Å²) in [7, 11) is 0. The molecule has 1 aliphatic rings. The SMILES string of the molecule is FC(F)(F)C1C[CH-]C1.[Br-].[Zn+2]. The van der Waals surface area contributed by atoms with Crippen LogP contribution in [-0.2, 0) is 19.5 Å². The Morgan fingerprint density at radius 1 is 1.20 bits per heavy atom. The second-order valence-electron chi connectivity index (χ2n) is 2.00. The van der Waals surface area contributed by atoms with Gasteiger partial charge in [-0.25, -0.2) is 0 Å².